The number of esters is 1. The van der Waals surface area contributed by atoms with Crippen molar-refractivity contribution >= 4 is 5.97 Å². The predicted octanol–water partition coefficient (Wildman–Crippen LogP) is 3.30. The average molecular weight is 254 g/mol. The Balaban J connectivity index is 0.000000280. The molecular formula is C12H22FeO2. The molecule has 0 aliphatic heterocycles. The van der Waals surface area contributed by atoms with Gasteiger partial charge < -0.3 is 4.74 Å². The van der Waals surface area contributed by atoms with Crippen molar-refractivity contribution in [1.82, 2.24) is 0 Å². The predicted molar refractivity (Wildman–Crippen MR) is 57.1 cm³/mol. The second-order valence-electron chi connectivity index (χ2n) is 4.27. The molecule has 15 heavy (non-hydrogen) atoms. The standard InChI is InChI=1S/C7H12O2.C5H10.Fe/c1-9-7(8)6-4-2-3-5-6;1-2-4-5-3-1;/h6H,2-5H2,1H3;1-5H2;. The van der Waals surface area contributed by atoms with Gasteiger partial charge in [-0.25, -0.2) is 0 Å². The van der Waals surface area contributed by atoms with Crippen molar-refractivity contribution in [3.63, 3.8) is 0 Å². The smallest absolute Gasteiger partial charge is 0.308 e. The Labute approximate surface area is 104 Å². The van der Waals surface area contributed by atoms with Crippen LogP contribution in [0.3, 0.4) is 0 Å². The molecular weight excluding hydrogens is 232 g/mol. The van der Waals surface area contributed by atoms with E-state index in [1.54, 1.807) is 0 Å². The quantitative estimate of drug-likeness (QED) is 0.530. The van der Waals surface area contributed by atoms with E-state index in [1.807, 2.05) is 0 Å². The van der Waals surface area contributed by atoms with E-state index in [0.717, 1.165) is 12.8 Å². The van der Waals surface area contributed by atoms with Gasteiger partial charge >= 0.3 is 5.97 Å². The Kier molecular flexibility index (Phi) is 9.23. The van der Waals surface area contributed by atoms with Gasteiger partial charge in [0.25, 0.3) is 0 Å². The minimum atomic E-state index is -0.0208. The summed E-state index contributed by atoms with van der Waals surface area (Å²) in [5.41, 5.74) is 0. The maximum Gasteiger partial charge on any atom is 0.308 e. The number of hydrogen-bond donors (Lipinski definition) is 0. The topological polar surface area (TPSA) is 26.3 Å². The molecule has 0 aromatic heterocycles. The van der Waals surface area contributed by atoms with Crippen molar-refractivity contribution in [2.45, 2.75) is 57.8 Å². The molecule has 0 heterocycles. The average Bonchev–Trinajstić information content (AvgIpc) is 2.91. The fourth-order valence-electron chi connectivity index (χ4n) is 2.21. The largest absolute Gasteiger partial charge is 0.469 e. The Morgan fingerprint density at radius 2 is 1.33 bits per heavy atom. The first kappa shape index (κ1) is 15.0. The van der Waals surface area contributed by atoms with Gasteiger partial charge in [0.15, 0.2) is 0 Å². The maximum absolute atomic E-state index is 10.8. The maximum atomic E-state index is 10.8. The number of carbonyl (C=O) groups excluding carboxylic acids is 1. The Morgan fingerprint density at radius 3 is 1.67 bits per heavy atom. The van der Waals surface area contributed by atoms with Gasteiger partial charge in [0.1, 0.15) is 0 Å². The van der Waals surface area contributed by atoms with Gasteiger partial charge in [-0.3, -0.25) is 4.79 Å². The molecule has 0 amide bonds. The van der Waals surface area contributed by atoms with Crippen LogP contribution in [0.15, 0.2) is 0 Å². The van der Waals surface area contributed by atoms with E-state index in [-0.39, 0.29) is 29.0 Å². The molecule has 0 spiro atoms. The number of ether oxygens (including phenoxy) is 1. The molecule has 90 valence electrons. The zero-order valence-electron chi connectivity index (χ0n) is 9.61. The first-order valence-electron chi connectivity index (χ1n) is 5.92. The molecule has 2 fully saturated rings. The summed E-state index contributed by atoms with van der Waals surface area (Å²) in [4.78, 5) is 10.8. The fourth-order valence-corrected chi connectivity index (χ4v) is 2.21. The molecule has 3 heteroatoms. The van der Waals surface area contributed by atoms with E-state index in [4.69, 9.17) is 0 Å². The zero-order chi connectivity index (χ0) is 10.2. The van der Waals surface area contributed by atoms with Crippen LogP contribution in [0.2, 0.25) is 0 Å². The zero-order valence-corrected chi connectivity index (χ0v) is 10.7. The van der Waals surface area contributed by atoms with Gasteiger partial charge in [0, 0.05) is 17.1 Å². The monoisotopic (exact) mass is 254 g/mol. The first-order chi connectivity index (χ1) is 6.84. The van der Waals surface area contributed by atoms with E-state index in [2.05, 4.69) is 4.74 Å². The minimum absolute atomic E-state index is 0. The second-order valence-corrected chi connectivity index (χ2v) is 4.27. The Bertz CT molecular complexity index is 153. The summed E-state index contributed by atoms with van der Waals surface area (Å²) in [6.07, 6.45) is 12.0. The Morgan fingerprint density at radius 1 is 0.933 bits per heavy atom. The summed E-state index contributed by atoms with van der Waals surface area (Å²) in [7, 11) is 1.46. The summed E-state index contributed by atoms with van der Waals surface area (Å²) in [6.45, 7) is 0. The Hall–Kier alpha value is -0.0105. The van der Waals surface area contributed by atoms with E-state index in [0.29, 0.717) is 0 Å². The molecule has 2 rings (SSSR count). The molecule has 0 aromatic rings. The third-order valence-corrected chi connectivity index (χ3v) is 3.14. The molecule has 2 aliphatic carbocycles. The fraction of sp³-hybridized carbons (Fsp3) is 0.917. The second kappa shape index (κ2) is 9.23. The third kappa shape index (κ3) is 6.21. The summed E-state index contributed by atoms with van der Waals surface area (Å²) in [6, 6.07) is 0. The van der Waals surface area contributed by atoms with Gasteiger partial charge in [-0.1, -0.05) is 44.9 Å². The van der Waals surface area contributed by atoms with Crippen molar-refractivity contribution in [3.8, 4) is 0 Å². The van der Waals surface area contributed by atoms with Crippen molar-refractivity contribution in [2.24, 2.45) is 5.92 Å². The normalized spacial score (nSPS) is 20.1. The first-order valence-corrected chi connectivity index (χ1v) is 5.92. The van der Waals surface area contributed by atoms with Crippen molar-refractivity contribution in [1.29, 1.82) is 0 Å². The van der Waals surface area contributed by atoms with Crippen LogP contribution in [0.5, 0.6) is 0 Å². The van der Waals surface area contributed by atoms with Gasteiger partial charge in [0.05, 0.1) is 13.0 Å². The van der Waals surface area contributed by atoms with Gasteiger partial charge in [-0.2, -0.15) is 0 Å². The van der Waals surface area contributed by atoms with E-state index >= 15 is 0 Å². The van der Waals surface area contributed by atoms with Crippen LogP contribution in [0.1, 0.15) is 57.8 Å². The molecule has 0 bridgehead atoms. The molecule has 0 radical (unpaired) electrons. The summed E-state index contributed by atoms with van der Waals surface area (Å²) in [5, 5.41) is 0. The summed E-state index contributed by atoms with van der Waals surface area (Å²) in [5.74, 6) is 0.197. The minimum Gasteiger partial charge on any atom is -0.469 e. The van der Waals surface area contributed by atoms with Crippen LogP contribution in [-0.4, -0.2) is 13.1 Å². The van der Waals surface area contributed by atoms with Crippen LogP contribution < -0.4 is 0 Å². The molecule has 0 unspecified atom stereocenters. The van der Waals surface area contributed by atoms with Crippen LogP contribution in [0.25, 0.3) is 0 Å². The van der Waals surface area contributed by atoms with Crippen molar-refractivity contribution in [3.05, 3.63) is 0 Å². The number of rotatable bonds is 1. The molecule has 0 N–H and O–H groups in total. The number of carbonyl (C=O) groups is 1. The van der Waals surface area contributed by atoms with Crippen molar-refractivity contribution < 1.29 is 26.6 Å². The van der Waals surface area contributed by atoms with E-state index in [9.17, 15) is 4.79 Å². The molecule has 0 saturated heterocycles. The van der Waals surface area contributed by atoms with Gasteiger partial charge in [-0.05, 0) is 12.8 Å². The number of methoxy groups -OCH3 is 1. The van der Waals surface area contributed by atoms with Crippen LogP contribution >= 0.6 is 0 Å². The summed E-state index contributed by atoms with van der Waals surface area (Å²) >= 11 is 0. The van der Waals surface area contributed by atoms with Crippen LogP contribution in [-0.2, 0) is 26.6 Å². The van der Waals surface area contributed by atoms with Crippen LogP contribution in [0.4, 0.5) is 0 Å². The number of hydrogen-bond acceptors (Lipinski definition) is 2. The SMILES string of the molecule is C1CCCC1.COC(=O)C1CCCC1.[Fe]. The molecule has 2 saturated carbocycles. The third-order valence-electron chi connectivity index (χ3n) is 3.14. The molecule has 0 atom stereocenters. The molecule has 2 aliphatic rings. The molecule has 2 nitrogen and oxygen atoms in total. The molecule has 0 aromatic carbocycles. The van der Waals surface area contributed by atoms with Gasteiger partial charge in [0.2, 0.25) is 0 Å². The summed E-state index contributed by atoms with van der Waals surface area (Å²) < 4.78 is 4.60. The van der Waals surface area contributed by atoms with Crippen molar-refractivity contribution in [2.75, 3.05) is 7.11 Å². The van der Waals surface area contributed by atoms with E-state index < -0.39 is 0 Å². The van der Waals surface area contributed by atoms with E-state index in [1.165, 1.54) is 52.1 Å². The van der Waals surface area contributed by atoms with Crippen LogP contribution in [0, 0.1) is 5.92 Å². The van der Waals surface area contributed by atoms with Gasteiger partial charge in [-0.15, -0.1) is 0 Å².